The molecule has 6 heteroatoms. The molecule has 0 unspecified atom stereocenters. The van der Waals surface area contributed by atoms with Crippen molar-refractivity contribution in [2.45, 2.75) is 38.0 Å². The van der Waals surface area contributed by atoms with Crippen molar-refractivity contribution in [3.8, 4) is 5.75 Å². The molecule has 0 amide bonds. The van der Waals surface area contributed by atoms with Crippen LogP contribution in [0.3, 0.4) is 0 Å². The van der Waals surface area contributed by atoms with Gasteiger partial charge >= 0.3 is 35.6 Å². The summed E-state index contributed by atoms with van der Waals surface area (Å²) in [6.07, 6.45) is 7.11. The maximum absolute atomic E-state index is 13.9. The molecule has 0 radical (unpaired) electrons. The molecular weight excluding hydrogens is 396 g/mol. The number of benzene rings is 2. The molecule has 0 saturated heterocycles. The van der Waals surface area contributed by atoms with Gasteiger partial charge in [-0.3, -0.25) is 4.99 Å². The minimum atomic E-state index is -0.556. The summed E-state index contributed by atoms with van der Waals surface area (Å²) in [4.78, 5) is 4.31. The van der Waals surface area contributed by atoms with Gasteiger partial charge < -0.3 is 5.11 Å². The van der Waals surface area contributed by atoms with E-state index in [2.05, 4.69) is 4.99 Å². The maximum atomic E-state index is 13.9. The standard InChI is InChI=1S/C19H20FNO.2ClH.Ti/c20-16-11-15(13-21-17-9-5-2-6-10-17)19(22)18(12-16)14-7-3-1-4-8-14;;;/h2,5-6,9-14,22H,1,3-4,7-8H2;2*1H;/q;;;+2/p-2. The number of hydrogen-bond acceptors (Lipinski definition) is 2. The van der Waals surface area contributed by atoms with Crippen molar-refractivity contribution >= 4 is 30.5 Å². The second kappa shape index (κ2) is 11.0. The van der Waals surface area contributed by atoms with Crippen LogP contribution in [0, 0.1) is 5.82 Å². The third-order valence-electron chi connectivity index (χ3n) is 4.29. The zero-order valence-electron chi connectivity index (χ0n) is 13.8. The molecule has 2 aromatic rings. The normalized spacial score (nSPS) is 14.8. The number of hydrogen-bond donors (Lipinski definition) is 1. The molecular formula is C19H20Cl2FNOTi. The Labute approximate surface area is 164 Å². The van der Waals surface area contributed by atoms with E-state index in [1.54, 1.807) is 6.21 Å². The molecule has 0 aromatic heterocycles. The zero-order chi connectivity index (χ0) is 18.1. The van der Waals surface area contributed by atoms with Crippen LogP contribution in [0.1, 0.15) is 49.1 Å². The van der Waals surface area contributed by atoms with Crippen molar-refractivity contribution in [3.63, 3.8) is 0 Å². The molecule has 3 rings (SSSR count). The van der Waals surface area contributed by atoms with Gasteiger partial charge in [-0.2, -0.15) is 0 Å². The van der Waals surface area contributed by atoms with Gasteiger partial charge in [0.15, 0.2) is 0 Å². The van der Waals surface area contributed by atoms with E-state index < -0.39 is 17.0 Å². The van der Waals surface area contributed by atoms with Gasteiger partial charge in [0, 0.05) is 17.3 Å². The molecule has 1 aliphatic carbocycles. The van der Waals surface area contributed by atoms with Crippen molar-refractivity contribution in [1.82, 2.24) is 0 Å². The van der Waals surface area contributed by atoms with Crippen LogP contribution in [0.2, 0.25) is 0 Å². The van der Waals surface area contributed by atoms with E-state index in [1.807, 2.05) is 30.3 Å². The number of aromatic hydroxyl groups is 1. The third-order valence-corrected chi connectivity index (χ3v) is 4.29. The summed E-state index contributed by atoms with van der Waals surface area (Å²) in [5.74, 6) is 0.120. The molecule has 25 heavy (non-hydrogen) atoms. The zero-order valence-corrected chi connectivity index (χ0v) is 16.8. The van der Waals surface area contributed by atoms with Crippen molar-refractivity contribution < 1.29 is 26.5 Å². The van der Waals surface area contributed by atoms with E-state index in [0.717, 1.165) is 36.9 Å². The number of rotatable bonds is 3. The Balaban J connectivity index is 0.000000701. The molecule has 2 nitrogen and oxygen atoms in total. The Morgan fingerprint density at radius 1 is 1.08 bits per heavy atom. The van der Waals surface area contributed by atoms with Crippen LogP contribution in [0.4, 0.5) is 10.1 Å². The SMILES string of the molecule is Oc1c(C=Nc2ccccc2)cc(F)cc1C1CCCCC1.[Cl][Ti][Cl]. The quantitative estimate of drug-likeness (QED) is 0.438. The van der Waals surface area contributed by atoms with Gasteiger partial charge in [-0.1, -0.05) is 37.5 Å². The number of halogens is 3. The average Bonchev–Trinajstić information content (AvgIpc) is 2.64. The number of aliphatic imine (C=N–C) groups is 1. The second-order valence-corrected chi connectivity index (χ2v) is 8.51. The molecule has 0 spiro atoms. The summed E-state index contributed by atoms with van der Waals surface area (Å²) in [5.41, 5.74) is 1.96. The van der Waals surface area contributed by atoms with Crippen molar-refractivity contribution in [3.05, 3.63) is 59.4 Å². The summed E-state index contributed by atoms with van der Waals surface area (Å²) >= 11 is -0.556. The topological polar surface area (TPSA) is 32.6 Å². The molecule has 132 valence electrons. The summed E-state index contributed by atoms with van der Waals surface area (Å²) in [6, 6.07) is 12.3. The summed E-state index contributed by atoms with van der Waals surface area (Å²) in [7, 11) is 9.78. The number of nitrogens with zero attached hydrogens (tertiary/aromatic N) is 1. The first-order valence-electron chi connectivity index (χ1n) is 8.23. The fraction of sp³-hybridized carbons (Fsp3) is 0.316. The van der Waals surface area contributed by atoms with Gasteiger partial charge in [-0.25, -0.2) is 4.39 Å². The Morgan fingerprint density at radius 3 is 2.36 bits per heavy atom. The average molecular weight is 416 g/mol. The second-order valence-electron chi connectivity index (χ2n) is 5.93. The van der Waals surface area contributed by atoms with Gasteiger partial charge in [0.25, 0.3) is 0 Å². The molecule has 0 atom stereocenters. The summed E-state index contributed by atoms with van der Waals surface area (Å²) in [5, 5.41) is 10.5. The first-order valence-corrected chi connectivity index (χ1v) is 12.5. The predicted molar refractivity (Wildman–Crippen MR) is 99.3 cm³/mol. The van der Waals surface area contributed by atoms with E-state index in [-0.39, 0.29) is 17.5 Å². The van der Waals surface area contributed by atoms with Crippen LogP contribution in [0.5, 0.6) is 5.75 Å². The van der Waals surface area contributed by atoms with Crippen LogP contribution < -0.4 is 0 Å². The Morgan fingerprint density at radius 2 is 1.72 bits per heavy atom. The molecule has 0 bridgehead atoms. The van der Waals surface area contributed by atoms with E-state index in [0.29, 0.717) is 5.56 Å². The molecule has 1 N–H and O–H groups in total. The predicted octanol–water partition coefficient (Wildman–Crippen LogP) is 6.71. The van der Waals surface area contributed by atoms with Crippen LogP contribution in [-0.2, 0) is 17.0 Å². The fourth-order valence-corrected chi connectivity index (χ4v) is 3.12. The van der Waals surface area contributed by atoms with Crippen molar-refractivity contribution in [2.24, 2.45) is 4.99 Å². The Kier molecular flexibility index (Phi) is 8.98. The minimum absolute atomic E-state index is 0.174. The van der Waals surface area contributed by atoms with Gasteiger partial charge in [0.1, 0.15) is 11.6 Å². The first-order chi connectivity index (χ1) is 12.2. The van der Waals surface area contributed by atoms with Crippen molar-refractivity contribution in [1.29, 1.82) is 0 Å². The molecule has 0 aliphatic heterocycles. The van der Waals surface area contributed by atoms with Crippen LogP contribution in [0.15, 0.2) is 47.5 Å². The fourth-order valence-electron chi connectivity index (χ4n) is 3.12. The van der Waals surface area contributed by atoms with Gasteiger partial charge in [-0.15, -0.1) is 0 Å². The number of para-hydroxylation sites is 1. The molecule has 1 aliphatic rings. The van der Waals surface area contributed by atoms with E-state index in [1.165, 1.54) is 18.6 Å². The third kappa shape index (κ3) is 6.42. The van der Waals surface area contributed by atoms with Gasteiger partial charge in [0.05, 0.1) is 5.69 Å². The Hall–Kier alpha value is -0.866. The molecule has 1 fully saturated rings. The van der Waals surface area contributed by atoms with Gasteiger partial charge in [-0.05, 0) is 43.0 Å². The monoisotopic (exact) mass is 415 g/mol. The van der Waals surface area contributed by atoms with E-state index in [4.69, 9.17) is 18.6 Å². The van der Waals surface area contributed by atoms with E-state index >= 15 is 0 Å². The number of phenolic OH excluding ortho intramolecular Hbond substituents is 1. The van der Waals surface area contributed by atoms with Crippen molar-refractivity contribution in [2.75, 3.05) is 0 Å². The Bertz CT molecular complexity index is 691. The van der Waals surface area contributed by atoms with Crippen LogP contribution in [-0.4, -0.2) is 11.3 Å². The van der Waals surface area contributed by atoms with Gasteiger partial charge in [0.2, 0.25) is 0 Å². The summed E-state index contributed by atoms with van der Waals surface area (Å²) < 4.78 is 13.9. The van der Waals surface area contributed by atoms with E-state index in [9.17, 15) is 9.50 Å². The van der Waals surface area contributed by atoms with Crippen LogP contribution in [0.25, 0.3) is 0 Å². The molecule has 1 saturated carbocycles. The molecule has 0 heterocycles. The summed E-state index contributed by atoms with van der Waals surface area (Å²) in [6.45, 7) is 0. The van der Waals surface area contributed by atoms with Crippen LogP contribution >= 0.6 is 18.6 Å². The first kappa shape index (κ1) is 20.4. The number of phenols is 1. The molecule has 2 aromatic carbocycles.